The maximum atomic E-state index is 13.9. The van der Waals surface area contributed by atoms with Gasteiger partial charge in [0.2, 0.25) is 5.78 Å². The molecule has 8 nitrogen and oxygen atoms in total. The van der Waals surface area contributed by atoms with E-state index in [1.54, 1.807) is 48.8 Å². The van der Waals surface area contributed by atoms with Crippen molar-refractivity contribution >= 4 is 17.4 Å². The summed E-state index contributed by atoms with van der Waals surface area (Å²) in [4.78, 5) is 31.3. The molecule has 0 saturated carbocycles. The van der Waals surface area contributed by atoms with Gasteiger partial charge in [-0.15, -0.1) is 0 Å². The number of H-pyrrole nitrogens is 1. The Morgan fingerprint density at radius 2 is 1.95 bits per heavy atom. The zero-order chi connectivity index (χ0) is 27.5. The molecule has 0 spiro atoms. The predicted molar refractivity (Wildman–Crippen MR) is 142 cm³/mol. The number of amides is 1. The molecule has 5 rings (SSSR count). The molecule has 1 aromatic heterocycles. The molecule has 1 amide bonds. The Hall–Kier alpha value is -4.33. The van der Waals surface area contributed by atoms with Crippen LogP contribution in [0.5, 0.6) is 17.2 Å². The zero-order valence-electron chi connectivity index (χ0n) is 22.4. The number of ketones is 1. The molecular weight excluding hydrogens is 496 g/mol. The monoisotopic (exact) mass is 528 g/mol. The van der Waals surface area contributed by atoms with Crippen LogP contribution in [0.1, 0.15) is 55.5 Å². The number of nitrogens with zero attached hydrogens (tertiary/aromatic N) is 1. The van der Waals surface area contributed by atoms with Crippen LogP contribution >= 0.6 is 0 Å². The van der Waals surface area contributed by atoms with Gasteiger partial charge in [0, 0.05) is 23.6 Å². The van der Waals surface area contributed by atoms with Gasteiger partial charge in [-0.3, -0.25) is 9.59 Å². The summed E-state index contributed by atoms with van der Waals surface area (Å²) in [7, 11) is 0. The number of nitrogens with one attached hydrogen (secondary N) is 1. The first-order valence-electron chi connectivity index (χ1n) is 13.3. The number of likely N-dealkylation sites (tertiary alicyclic amines) is 1. The number of fused-ring (bicyclic) bond motifs is 1. The lowest BCUT2D eigenvalue weighted by Gasteiger charge is -2.28. The Morgan fingerprint density at radius 1 is 1.10 bits per heavy atom. The van der Waals surface area contributed by atoms with E-state index in [1.165, 1.54) is 4.90 Å². The fourth-order valence-corrected chi connectivity index (χ4v) is 5.12. The van der Waals surface area contributed by atoms with E-state index in [0.717, 1.165) is 23.3 Å². The first-order chi connectivity index (χ1) is 18.9. The van der Waals surface area contributed by atoms with Gasteiger partial charge in [0.05, 0.1) is 25.8 Å². The Morgan fingerprint density at radius 3 is 2.69 bits per heavy atom. The zero-order valence-corrected chi connectivity index (χ0v) is 22.4. The minimum atomic E-state index is -0.888. The van der Waals surface area contributed by atoms with Crippen molar-refractivity contribution in [3.63, 3.8) is 0 Å². The number of hydrogen-bond acceptors (Lipinski definition) is 6. The van der Waals surface area contributed by atoms with Crippen LogP contribution in [0.4, 0.5) is 0 Å². The van der Waals surface area contributed by atoms with Crippen molar-refractivity contribution in [2.24, 2.45) is 0 Å². The summed E-state index contributed by atoms with van der Waals surface area (Å²) >= 11 is 0. The summed E-state index contributed by atoms with van der Waals surface area (Å²) in [6.07, 6.45) is 5.06. The average Bonchev–Trinajstić information content (AvgIpc) is 3.43. The molecule has 39 heavy (non-hydrogen) atoms. The van der Waals surface area contributed by atoms with Gasteiger partial charge in [-0.25, -0.2) is 4.98 Å². The quantitative estimate of drug-likeness (QED) is 0.240. The van der Waals surface area contributed by atoms with E-state index < -0.39 is 23.5 Å². The van der Waals surface area contributed by atoms with Gasteiger partial charge in [0.15, 0.2) is 23.9 Å². The second-order valence-electron chi connectivity index (χ2n) is 9.76. The van der Waals surface area contributed by atoms with Gasteiger partial charge in [0.25, 0.3) is 5.91 Å². The van der Waals surface area contributed by atoms with Crippen molar-refractivity contribution in [1.29, 1.82) is 0 Å². The molecule has 0 radical (unpaired) electrons. The SMILES string of the molecule is CCCOc1ccc(C2/C(=C(\[O-])c3ccc4c(c3)CC(C)O4)C(=O)C(=O)N2Cc2ccc[nH+]c2)cc1OCC. The highest BCUT2D eigenvalue weighted by atomic mass is 16.5. The number of carbonyl (C=O) groups is 2. The van der Waals surface area contributed by atoms with Crippen molar-refractivity contribution in [3.8, 4) is 17.2 Å². The molecule has 1 fully saturated rings. The lowest BCUT2D eigenvalue weighted by molar-refractivity contribution is -0.378. The highest BCUT2D eigenvalue weighted by Gasteiger charge is 2.44. The Bertz CT molecular complexity index is 1420. The van der Waals surface area contributed by atoms with Crippen LogP contribution in [0.2, 0.25) is 0 Å². The third kappa shape index (κ3) is 5.19. The number of benzene rings is 2. The van der Waals surface area contributed by atoms with E-state index >= 15 is 0 Å². The van der Waals surface area contributed by atoms with Crippen LogP contribution in [0.3, 0.4) is 0 Å². The molecule has 2 aliphatic rings. The molecule has 0 bridgehead atoms. The van der Waals surface area contributed by atoms with E-state index in [2.05, 4.69) is 4.98 Å². The van der Waals surface area contributed by atoms with E-state index in [4.69, 9.17) is 14.2 Å². The summed E-state index contributed by atoms with van der Waals surface area (Å²) < 4.78 is 17.5. The Kier molecular flexibility index (Phi) is 7.54. The van der Waals surface area contributed by atoms with Crippen molar-refractivity contribution in [2.45, 2.75) is 52.3 Å². The highest BCUT2D eigenvalue weighted by molar-refractivity contribution is 6.46. The Labute approximate surface area is 227 Å². The van der Waals surface area contributed by atoms with Gasteiger partial charge in [-0.2, -0.15) is 0 Å². The van der Waals surface area contributed by atoms with E-state index in [9.17, 15) is 14.7 Å². The normalized spacial score (nSPS) is 19.6. The van der Waals surface area contributed by atoms with Gasteiger partial charge in [-0.05, 0) is 67.3 Å². The van der Waals surface area contributed by atoms with E-state index in [1.807, 2.05) is 32.9 Å². The second kappa shape index (κ2) is 11.2. The summed E-state index contributed by atoms with van der Waals surface area (Å²) in [5, 5.41) is 13.9. The Balaban J connectivity index is 1.63. The number of hydrogen-bond donors (Lipinski definition) is 0. The number of carbonyl (C=O) groups excluding carboxylic acids is 2. The molecule has 3 heterocycles. The summed E-state index contributed by atoms with van der Waals surface area (Å²) in [6, 6.07) is 13.3. The topological polar surface area (TPSA) is 102 Å². The van der Waals surface area contributed by atoms with Gasteiger partial charge >= 0.3 is 0 Å². The van der Waals surface area contributed by atoms with Crippen LogP contribution in [0.25, 0.3) is 5.76 Å². The van der Waals surface area contributed by atoms with Gasteiger partial charge < -0.3 is 24.2 Å². The standard InChI is InChI=1S/C31H32N2O6/c1-4-13-38-25-11-8-21(16-26(25)37-5-2)28-27(29(34)22-9-10-24-23(15-22)14-19(3)39-24)30(35)31(36)33(28)18-20-7-6-12-32-17-20/h6-12,15-17,19,28,34H,4-5,13-14,18H2,1-3H3/b29-27+. The molecule has 1 saturated heterocycles. The first kappa shape index (κ1) is 26.3. The van der Waals surface area contributed by atoms with Crippen molar-refractivity contribution in [2.75, 3.05) is 13.2 Å². The maximum Gasteiger partial charge on any atom is 0.295 e. The van der Waals surface area contributed by atoms with Gasteiger partial charge in [-0.1, -0.05) is 24.8 Å². The van der Waals surface area contributed by atoms with E-state index in [0.29, 0.717) is 42.3 Å². The smallest absolute Gasteiger partial charge is 0.295 e. The largest absolute Gasteiger partial charge is 0.872 e. The van der Waals surface area contributed by atoms with Gasteiger partial charge in [0.1, 0.15) is 11.9 Å². The second-order valence-corrected chi connectivity index (χ2v) is 9.76. The average molecular weight is 529 g/mol. The number of aromatic amines is 1. The number of rotatable bonds is 9. The van der Waals surface area contributed by atoms with Crippen molar-refractivity contribution in [3.05, 3.63) is 88.8 Å². The molecular formula is C31H32N2O6. The summed E-state index contributed by atoms with van der Waals surface area (Å²) in [5.74, 6) is -0.164. The molecule has 1 N–H and O–H groups in total. The van der Waals surface area contributed by atoms with Crippen molar-refractivity contribution < 1.29 is 33.9 Å². The molecule has 202 valence electrons. The lowest BCUT2D eigenvalue weighted by atomic mass is 9.94. The number of aromatic nitrogens is 1. The molecule has 2 aliphatic heterocycles. The minimum absolute atomic E-state index is 0.0176. The molecule has 2 atom stereocenters. The van der Waals surface area contributed by atoms with E-state index in [-0.39, 0.29) is 18.2 Å². The van der Waals surface area contributed by atoms with Crippen LogP contribution in [-0.2, 0) is 22.6 Å². The first-order valence-corrected chi connectivity index (χ1v) is 13.3. The summed E-state index contributed by atoms with van der Waals surface area (Å²) in [5.41, 5.74) is 2.60. The number of ether oxygens (including phenoxy) is 3. The third-order valence-corrected chi connectivity index (χ3v) is 6.86. The fourth-order valence-electron chi connectivity index (χ4n) is 5.12. The number of pyridine rings is 1. The van der Waals surface area contributed by atoms with Crippen LogP contribution in [0.15, 0.2) is 66.5 Å². The van der Waals surface area contributed by atoms with Crippen molar-refractivity contribution in [1.82, 2.24) is 4.90 Å². The molecule has 8 heteroatoms. The molecule has 3 aromatic rings. The molecule has 0 aliphatic carbocycles. The lowest BCUT2D eigenvalue weighted by Crippen LogP contribution is -2.29. The molecule has 2 aromatic carbocycles. The van der Waals surface area contributed by atoms with Crippen LogP contribution in [-0.4, -0.2) is 35.9 Å². The van der Waals surface area contributed by atoms with Crippen LogP contribution < -0.4 is 24.3 Å². The molecule has 2 unspecified atom stereocenters. The third-order valence-electron chi connectivity index (χ3n) is 6.86. The maximum absolute atomic E-state index is 13.9. The van der Waals surface area contributed by atoms with Crippen LogP contribution in [0, 0.1) is 0 Å². The predicted octanol–water partition coefficient (Wildman–Crippen LogP) is 3.44. The highest BCUT2D eigenvalue weighted by Crippen LogP contribution is 2.43. The fraction of sp³-hybridized carbons (Fsp3) is 0.323. The number of Topliss-reactive ketones (excluding diaryl/α,β-unsaturated/α-hetero) is 1. The summed E-state index contributed by atoms with van der Waals surface area (Å²) in [6.45, 7) is 6.93. The minimum Gasteiger partial charge on any atom is -0.872 e.